The van der Waals surface area contributed by atoms with Crippen LogP contribution in [0.15, 0.2) is 11.1 Å². The molecule has 0 aromatic carbocycles. The number of hydrogen-bond acceptors (Lipinski definition) is 6. The van der Waals surface area contributed by atoms with Crippen LogP contribution >= 0.6 is 11.3 Å². The lowest BCUT2D eigenvalue weighted by Crippen LogP contribution is -2.40. The minimum atomic E-state index is -0.232. The molecule has 3 heterocycles. The first-order chi connectivity index (χ1) is 17.1. The number of nitrogens with zero attached hydrogens (tertiary/aromatic N) is 3. The molecule has 8 nitrogen and oxygen atoms in total. The van der Waals surface area contributed by atoms with E-state index in [1.807, 2.05) is 0 Å². The van der Waals surface area contributed by atoms with Crippen LogP contribution < -0.4 is 16.2 Å². The molecule has 0 saturated carbocycles. The molecule has 35 heavy (non-hydrogen) atoms. The van der Waals surface area contributed by atoms with Gasteiger partial charge in [0, 0.05) is 37.0 Å². The average molecular weight is 502 g/mol. The van der Waals surface area contributed by atoms with Crippen LogP contribution in [-0.2, 0) is 29.0 Å². The molecule has 2 N–H and O–H groups in total. The number of carbonyl (C=O) groups excluding carboxylic acids is 2. The lowest BCUT2D eigenvalue weighted by atomic mass is 9.97. The van der Waals surface area contributed by atoms with Gasteiger partial charge < -0.3 is 15.5 Å². The number of piperidine rings is 1. The van der Waals surface area contributed by atoms with E-state index >= 15 is 0 Å². The van der Waals surface area contributed by atoms with E-state index in [1.165, 1.54) is 48.0 Å². The van der Waals surface area contributed by atoms with Gasteiger partial charge in [-0.15, -0.1) is 11.3 Å². The van der Waals surface area contributed by atoms with Crippen LogP contribution in [0.5, 0.6) is 0 Å². The van der Waals surface area contributed by atoms with E-state index in [0.717, 1.165) is 49.0 Å². The third kappa shape index (κ3) is 6.70. The number of carbonyl (C=O) groups is 2. The first-order valence-electron chi connectivity index (χ1n) is 13.3. The highest BCUT2D eigenvalue weighted by molar-refractivity contribution is 7.18. The Morgan fingerprint density at radius 2 is 1.89 bits per heavy atom. The van der Waals surface area contributed by atoms with E-state index in [1.54, 1.807) is 11.3 Å². The SMILES string of the molecule is CC[C@H]1CCCCN1CCCNC(=O)CCCNC(=O)Cn1cnc2sc3c(c2c1=O)CCCC3. The van der Waals surface area contributed by atoms with Gasteiger partial charge in [-0.25, -0.2) is 4.98 Å². The van der Waals surface area contributed by atoms with Gasteiger partial charge in [0.2, 0.25) is 11.8 Å². The van der Waals surface area contributed by atoms with Crippen molar-refractivity contribution in [3.05, 3.63) is 27.1 Å². The quantitative estimate of drug-likeness (QED) is 0.462. The smallest absolute Gasteiger partial charge is 0.262 e. The fraction of sp³-hybridized carbons (Fsp3) is 0.692. The molecule has 1 saturated heterocycles. The molecular formula is C26H39N5O3S. The number of fused-ring (bicyclic) bond motifs is 3. The minimum absolute atomic E-state index is 0.0260. The Bertz CT molecular complexity index is 1080. The summed E-state index contributed by atoms with van der Waals surface area (Å²) in [5.41, 5.74) is 1.01. The molecule has 0 bridgehead atoms. The predicted octanol–water partition coefficient (Wildman–Crippen LogP) is 3.00. The molecule has 0 spiro atoms. The molecule has 2 aromatic heterocycles. The van der Waals surface area contributed by atoms with Gasteiger partial charge in [0.1, 0.15) is 11.4 Å². The van der Waals surface area contributed by atoms with Crippen molar-refractivity contribution in [3.8, 4) is 0 Å². The average Bonchev–Trinajstić information content (AvgIpc) is 3.26. The van der Waals surface area contributed by atoms with Gasteiger partial charge in [0.05, 0.1) is 11.7 Å². The Kier molecular flexibility index (Phi) is 9.31. The molecule has 1 aliphatic carbocycles. The summed E-state index contributed by atoms with van der Waals surface area (Å²) in [6.45, 7) is 5.54. The van der Waals surface area contributed by atoms with Gasteiger partial charge in [-0.05, 0) is 69.9 Å². The Morgan fingerprint density at radius 1 is 1.09 bits per heavy atom. The van der Waals surface area contributed by atoms with Gasteiger partial charge in [0.25, 0.3) is 5.56 Å². The lowest BCUT2D eigenvalue weighted by Gasteiger charge is -2.35. The summed E-state index contributed by atoms with van der Waals surface area (Å²) >= 11 is 1.61. The minimum Gasteiger partial charge on any atom is -0.356 e. The summed E-state index contributed by atoms with van der Waals surface area (Å²) in [6.07, 6.45) is 12.7. The van der Waals surface area contributed by atoms with Crippen LogP contribution in [0.2, 0.25) is 0 Å². The molecule has 0 radical (unpaired) electrons. The fourth-order valence-corrected chi connectivity index (χ4v) is 6.62. The number of likely N-dealkylation sites (tertiary alicyclic amines) is 1. The molecule has 4 rings (SSSR count). The first kappa shape index (κ1) is 25.8. The fourth-order valence-electron chi connectivity index (χ4n) is 5.40. The highest BCUT2D eigenvalue weighted by Gasteiger charge is 2.21. The van der Waals surface area contributed by atoms with Gasteiger partial charge in [-0.2, -0.15) is 0 Å². The molecule has 2 aliphatic rings. The summed E-state index contributed by atoms with van der Waals surface area (Å²) in [5, 5.41) is 6.52. The largest absolute Gasteiger partial charge is 0.356 e. The van der Waals surface area contributed by atoms with Gasteiger partial charge >= 0.3 is 0 Å². The zero-order valence-corrected chi connectivity index (χ0v) is 21.8. The second kappa shape index (κ2) is 12.6. The molecule has 0 unspecified atom stereocenters. The molecule has 192 valence electrons. The monoisotopic (exact) mass is 501 g/mol. The normalized spacial score (nSPS) is 18.4. The van der Waals surface area contributed by atoms with Crippen molar-refractivity contribution < 1.29 is 9.59 Å². The standard InChI is InChI=1S/C26H39N5O3S/c1-2-19-9-5-6-15-30(19)16-8-14-27-22(32)12-7-13-28-23(33)17-31-18-29-25-24(26(31)34)20-10-3-4-11-21(20)35-25/h18-19H,2-17H2,1H3,(H,27,32)(H,28,33)/t19-/m0/s1. The van der Waals surface area contributed by atoms with E-state index in [9.17, 15) is 14.4 Å². The number of nitrogens with one attached hydrogen (secondary N) is 2. The van der Waals surface area contributed by atoms with Crippen LogP contribution in [0, 0.1) is 0 Å². The lowest BCUT2D eigenvalue weighted by molar-refractivity contribution is -0.123. The summed E-state index contributed by atoms with van der Waals surface area (Å²) < 4.78 is 1.40. The highest BCUT2D eigenvalue weighted by Crippen LogP contribution is 2.33. The second-order valence-electron chi connectivity index (χ2n) is 9.82. The molecular weight excluding hydrogens is 462 g/mol. The van der Waals surface area contributed by atoms with Crippen LogP contribution in [0.25, 0.3) is 10.2 Å². The highest BCUT2D eigenvalue weighted by atomic mass is 32.1. The summed E-state index contributed by atoms with van der Waals surface area (Å²) in [7, 11) is 0. The third-order valence-corrected chi connectivity index (χ3v) is 8.52. The number of amides is 2. The van der Waals surface area contributed by atoms with Crippen molar-refractivity contribution >= 4 is 33.4 Å². The Morgan fingerprint density at radius 3 is 2.74 bits per heavy atom. The van der Waals surface area contributed by atoms with Crippen LogP contribution in [0.4, 0.5) is 0 Å². The van der Waals surface area contributed by atoms with Gasteiger partial charge in [0.15, 0.2) is 0 Å². The Hall–Kier alpha value is -2.26. The topological polar surface area (TPSA) is 96.3 Å². The van der Waals surface area contributed by atoms with Crippen molar-refractivity contribution in [3.63, 3.8) is 0 Å². The number of thiophene rings is 1. The zero-order chi connectivity index (χ0) is 24.6. The van der Waals surface area contributed by atoms with Crippen molar-refractivity contribution in [1.29, 1.82) is 0 Å². The number of aromatic nitrogens is 2. The summed E-state index contributed by atoms with van der Waals surface area (Å²) in [4.78, 5) is 46.5. The van der Waals surface area contributed by atoms with Crippen LogP contribution in [0.3, 0.4) is 0 Å². The molecule has 1 aliphatic heterocycles. The Balaban J connectivity index is 1.14. The van der Waals surface area contributed by atoms with E-state index in [-0.39, 0.29) is 23.9 Å². The van der Waals surface area contributed by atoms with E-state index < -0.39 is 0 Å². The maximum atomic E-state index is 13.0. The maximum Gasteiger partial charge on any atom is 0.262 e. The Labute approximate surface area is 211 Å². The first-order valence-corrected chi connectivity index (χ1v) is 14.2. The molecule has 2 aromatic rings. The maximum absolute atomic E-state index is 13.0. The van der Waals surface area contributed by atoms with Crippen molar-refractivity contribution in [1.82, 2.24) is 25.1 Å². The molecule has 2 amide bonds. The van der Waals surface area contributed by atoms with Gasteiger partial charge in [-0.1, -0.05) is 13.3 Å². The van der Waals surface area contributed by atoms with E-state index in [0.29, 0.717) is 37.4 Å². The van der Waals surface area contributed by atoms with E-state index in [2.05, 4.69) is 27.4 Å². The molecule has 1 atom stereocenters. The summed E-state index contributed by atoms with van der Waals surface area (Å²) in [5.74, 6) is -0.206. The predicted molar refractivity (Wildman–Crippen MR) is 140 cm³/mol. The zero-order valence-electron chi connectivity index (χ0n) is 20.9. The van der Waals surface area contributed by atoms with Gasteiger partial charge in [-0.3, -0.25) is 19.0 Å². The third-order valence-electron chi connectivity index (χ3n) is 7.32. The second-order valence-corrected chi connectivity index (χ2v) is 10.9. The molecule has 9 heteroatoms. The van der Waals surface area contributed by atoms with Crippen LogP contribution in [-0.4, -0.2) is 58.5 Å². The van der Waals surface area contributed by atoms with E-state index in [4.69, 9.17) is 0 Å². The summed E-state index contributed by atoms with van der Waals surface area (Å²) in [6, 6.07) is 0.701. The molecule has 1 fully saturated rings. The van der Waals surface area contributed by atoms with Crippen molar-refractivity contribution in [2.24, 2.45) is 0 Å². The number of rotatable bonds is 11. The number of aryl methyl sites for hydroxylation is 2. The van der Waals surface area contributed by atoms with Crippen molar-refractivity contribution in [2.45, 2.75) is 90.1 Å². The van der Waals surface area contributed by atoms with Crippen LogP contribution in [0.1, 0.15) is 75.2 Å². The number of hydrogen-bond donors (Lipinski definition) is 2. The van der Waals surface area contributed by atoms with Crippen molar-refractivity contribution in [2.75, 3.05) is 26.2 Å².